The van der Waals surface area contributed by atoms with Gasteiger partial charge in [0.25, 0.3) is 0 Å². The Morgan fingerprint density at radius 2 is 1.83 bits per heavy atom. The predicted molar refractivity (Wildman–Crippen MR) is 140 cm³/mol. The summed E-state index contributed by atoms with van der Waals surface area (Å²) in [5, 5.41) is 18.8. The molecule has 1 aromatic heterocycles. The molecule has 2 aromatic carbocycles. The molecule has 0 aliphatic heterocycles. The molecule has 0 spiro atoms. The van der Waals surface area contributed by atoms with E-state index < -0.39 is 0 Å². The van der Waals surface area contributed by atoms with Crippen LogP contribution in [0.1, 0.15) is 43.8 Å². The van der Waals surface area contributed by atoms with Crippen molar-refractivity contribution in [3.63, 3.8) is 0 Å². The number of aromatic amines is 1. The number of carbonyl (C=O) groups is 2. The molecule has 1 atom stereocenters. The number of hydrogen-bond donors (Lipinski definition) is 2. The zero-order chi connectivity index (χ0) is 25.5. The fourth-order valence-corrected chi connectivity index (χ4v) is 5.86. The summed E-state index contributed by atoms with van der Waals surface area (Å²) in [6.45, 7) is 6.27. The summed E-state index contributed by atoms with van der Waals surface area (Å²) in [6.07, 6.45) is 3.33. The first-order valence-corrected chi connectivity index (χ1v) is 13.8. The number of aliphatic imine (C=N–C) groups is 1. The average Bonchev–Trinajstić information content (AvgIpc) is 3.42. The molecule has 1 heterocycles. The predicted octanol–water partition coefficient (Wildman–Crippen LogP) is 3.76. The number of aromatic nitrogens is 4. The third-order valence-corrected chi connectivity index (χ3v) is 8.29. The number of Topliss-reactive ketones (excluding diaryl/α,β-unsaturated/α-hetero) is 1. The number of ketones is 2. The minimum atomic E-state index is -0.267. The number of rotatable bonds is 10. The second-order valence-electron chi connectivity index (χ2n) is 8.67. The van der Waals surface area contributed by atoms with Crippen LogP contribution >= 0.6 is 0 Å². The monoisotopic (exact) mass is 548 g/mol. The van der Waals surface area contributed by atoms with Gasteiger partial charge in [0.1, 0.15) is 0 Å². The van der Waals surface area contributed by atoms with Crippen molar-refractivity contribution in [2.75, 3.05) is 6.54 Å². The summed E-state index contributed by atoms with van der Waals surface area (Å²) in [5.41, 5.74) is 4.04. The first-order chi connectivity index (χ1) is 17.4. The van der Waals surface area contributed by atoms with Gasteiger partial charge in [-0.2, -0.15) is 0 Å². The molecule has 184 valence electrons. The van der Waals surface area contributed by atoms with Crippen molar-refractivity contribution >= 4 is 38.4 Å². The topological polar surface area (TPSA) is 113 Å². The van der Waals surface area contributed by atoms with Crippen molar-refractivity contribution in [3.05, 3.63) is 93.2 Å². The molecule has 3 aromatic rings. The summed E-state index contributed by atoms with van der Waals surface area (Å²) in [4.78, 5) is 29.8. The first kappa shape index (κ1) is 25.6. The van der Waals surface area contributed by atoms with Crippen LogP contribution in [-0.4, -0.2) is 59.9 Å². The van der Waals surface area contributed by atoms with Crippen molar-refractivity contribution in [2.45, 2.75) is 32.1 Å². The molecule has 0 fully saturated rings. The molecule has 9 heteroatoms. The standard InChI is InChI=1S/C27H28N6O2Se/c1-17(2)22-15-23(34)18(3)26(25(22)35)36-14-13-28-24(27-30-32-33-31-27)20-9-11-21(12-10-20)29-16-19-7-5-4-6-8-19/h4-12,15-17,24,28H,13-14H2,1-3H3,(H,30,31,32,33). The van der Waals surface area contributed by atoms with E-state index in [0.717, 1.165) is 22.1 Å². The number of allylic oxidation sites excluding steroid dienone is 4. The fourth-order valence-electron chi connectivity index (χ4n) is 3.78. The van der Waals surface area contributed by atoms with Crippen LogP contribution < -0.4 is 5.32 Å². The van der Waals surface area contributed by atoms with Crippen LogP contribution in [0.4, 0.5) is 5.69 Å². The minimum absolute atomic E-state index is 0.0171. The van der Waals surface area contributed by atoms with Crippen molar-refractivity contribution < 1.29 is 9.59 Å². The number of nitrogens with one attached hydrogen (secondary N) is 2. The summed E-state index contributed by atoms with van der Waals surface area (Å²) in [6, 6.07) is 17.6. The fraction of sp³-hybridized carbons (Fsp3) is 0.259. The average molecular weight is 548 g/mol. The Morgan fingerprint density at radius 3 is 2.50 bits per heavy atom. The van der Waals surface area contributed by atoms with Gasteiger partial charge >= 0.3 is 199 Å². The van der Waals surface area contributed by atoms with E-state index in [0.29, 0.717) is 28.0 Å². The van der Waals surface area contributed by atoms with Crippen LogP contribution in [0.25, 0.3) is 0 Å². The molecule has 8 nitrogen and oxygen atoms in total. The van der Waals surface area contributed by atoms with Gasteiger partial charge in [0, 0.05) is 0 Å². The molecule has 36 heavy (non-hydrogen) atoms. The van der Waals surface area contributed by atoms with Crippen LogP contribution in [0.5, 0.6) is 0 Å². The molecule has 1 unspecified atom stereocenters. The quantitative estimate of drug-likeness (QED) is 0.173. The van der Waals surface area contributed by atoms with Gasteiger partial charge in [0.2, 0.25) is 0 Å². The van der Waals surface area contributed by atoms with Crippen LogP contribution in [0.3, 0.4) is 0 Å². The van der Waals surface area contributed by atoms with E-state index in [4.69, 9.17) is 0 Å². The molecule has 0 bridgehead atoms. The molecular weight excluding hydrogens is 519 g/mol. The van der Waals surface area contributed by atoms with E-state index in [9.17, 15) is 9.59 Å². The first-order valence-electron chi connectivity index (χ1n) is 11.7. The van der Waals surface area contributed by atoms with Gasteiger partial charge in [-0.05, 0) is 0 Å². The number of benzene rings is 2. The molecule has 0 saturated heterocycles. The van der Waals surface area contributed by atoms with Crippen molar-refractivity contribution in [2.24, 2.45) is 10.9 Å². The molecule has 1 aliphatic rings. The Bertz CT molecular complexity index is 1300. The van der Waals surface area contributed by atoms with E-state index >= 15 is 0 Å². The van der Waals surface area contributed by atoms with E-state index in [-0.39, 0.29) is 38.5 Å². The Morgan fingerprint density at radius 1 is 1.08 bits per heavy atom. The Balaban J connectivity index is 1.41. The number of carbonyl (C=O) groups excluding carboxylic acids is 2. The molecule has 2 N–H and O–H groups in total. The van der Waals surface area contributed by atoms with E-state index in [1.165, 1.54) is 6.08 Å². The van der Waals surface area contributed by atoms with Gasteiger partial charge in [0.15, 0.2) is 0 Å². The molecule has 4 rings (SSSR count). The zero-order valence-corrected chi connectivity index (χ0v) is 22.1. The van der Waals surface area contributed by atoms with E-state index in [2.05, 4.69) is 30.9 Å². The number of hydrogen-bond acceptors (Lipinski definition) is 7. The molecule has 0 radical (unpaired) electrons. The third kappa shape index (κ3) is 6.18. The van der Waals surface area contributed by atoms with Gasteiger partial charge in [-0.3, -0.25) is 0 Å². The third-order valence-electron chi connectivity index (χ3n) is 5.79. The van der Waals surface area contributed by atoms with Crippen LogP contribution in [0.2, 0.25) is 5.32 Å². The van der Waals surface area contributed by atoms with Crippen LogP contribution in [-0.2, 0) is 9.59 Å². The normalized spacial score (nSPS) is 15.2. The zero-order valence-electron chi connectivity index (χ0n) is 20.4. The molecule has 0 amide bonds. The van der Waals surface area contributed by atoms with Gasteiger partial charge in [0.05, 0.1) is 0 Å². The van der Waals surface area contributed by atoms with Crippen LogP contribution in [0.15, 0.2) is 81.3 Å². The summed E-state index contributed by atoms with van der Waals surface area (Å²) in [7, 11) is 0. The number of tetrazole rings is 1. The van der Waals surface area contributed by atoms with Gasteiger partial charge in [-0.25, -0.2) is 0 Å². The van der Waals surface area contributed by atoms with E-state index in [1.54, 1.807) is 6.92 Å². The van der Waals surface area contributed by atoms with E-state index in [1.807, 2.05) is 74.7 Å². The SMILES string of the molecule is CC1=C([Se]CCNC(c2ccc(N=Cc3ccccc3)cc2)c2nn[nH]n2)C(=O)C(C(C)C)=CC1=O. The Labute approximate surface area is 216 Å². The second-order valence-corrected chi connectivity index (χ2v) is 11.0. The molecule has 1 aliphatic carbocycles. The van der Waals surface area contributed by atoms with Crippen LogP contribution in [0, 0.1) is 5.92 Å². The van der Waals surface area contributed by atoms with Crippen molar-refractivity contribution in [1.82, 2.24) is 25.9 Å². The molecule has 0 saturated carbocycles. The van der Waals surface area contributed by atoms with Gasteiger partial charge in [-0.15, -0.1) is 0 Å². The van der Waals surface area contributed by atoms with Gasteiger partial charge in [-0.1, -0.05) is 18.2 Å². The maximum absolute atomic E-state index is 12.9. The summed E-state index contributed by atoms with van der Waals surface area (Å²) >= 11 is -0.129. The van der Waals surface area contributed by atoms with Gasteiger partial charge < -0.3 is 0 Å². The maximum atomic E-state index is 12.9. The van der Waals surface area contributed by atoms with Crippen molar-refractivity contribution in [3.8, 4) is 0 Å². The molecular formula is C27H28N6O2Se. The Hall–Kier alpha value is -3.52. The van der Waals surface area contributed by atoms with Crippen molar-refractivity contribution in [1.29, 1.82) is 0 Å². The second kappa shape index (κ2) is 11.9. The Kier molecular flexibility index (Phi) is 8.48. The summed E-state index contributed by atoms with van der Waals surface area (Å²) in [5.74, 6) is 0.528. The number of H-pyrrole nitrogens is 1. The number of nitrogens with zero attached hydrogens (tertiary/aromatic N) is 4. The summed E-state index contributed by atoms with van der Waals surface area (Å²) < 4.78 is 0.678.